The lowest BCUT2D eigenvalue weighted by Gasteiger charge is -2.13. The molecule has 0 aliphatic heterocycles. The summed E-state index contributed by atoms with van der Waals surface area (Å²) in [6.45, 7) is 5.59. The highest BCUT2D eigenvalue weighted by atomic mass is 16.5. The van der Waals surface area contributed by atoms with Crippen LogP contribution in [0.15, 0.2) is 23.2 Å². The van der Waals surface area contributed by atoms with Crippen molar-refractivity contribution < 1.29 is 14.3 Å². The highest BCUT2D eigenvalue weighted by Crippen LogP contribution is 2.30. The van der Waals surface area contributed by atoms with E-state index >= 15 is 0 Å². The molecule has 0 saturated heterocycles. The maximum absolute atomic E-state index is 12.2. The highest BCUT2D eigenvalue weighted by Gasteiger charge is 2.16. The summed E-state index contributed by atoms with van der Waals surface area (Å²) in [6, 6.07) is 5.28. The van der Waals surface area contributed by atoms with Crippen molar-refractivity contribution in [1.82, 2.24) is 5.32 Å². The molecule has 0 spiro atoms. The molecule has 5 heteroatoms. The van der Waals surface area contributed by atoms with Crippen molar-refractivity contribution in [3.05, 3.63) is 23.8 Å². The Kier molecular flexibility index (Phi) is 8.72. The molecule has 0 unspecified atom stereocenters. The molecule has 122 valence electrons. The molecule has 0 heterocycles. The summed E-state index contributed by atoms with van der Waals surface area (Å²) in [5.41, 5.74) is 0.483. The van der Waals surface area contributed by atoms with Gasteiger partial charge in [-0.2, -0.15) is 0 Å². The lowest BCUT2D eigenvalue weighted by Crippen LogP contribution is -2.26. The first-order valence-corrected chi connectivity index (χ1v) is 7.80. The summed E-state index contributed by atoms with van der Waals surface area (Å²) in [4.78, 5) is 16.5. The fraction of sp³-hybridized carbons (Fsp3) is 0.529. The van der Waals surface area contributed by atoms with E-state index in [4.69, 9.17) is 9.47 Å². The molecule has 1 rings (SSSR count). The van der Waals surface area contributed by atoms with Crippen LogP contribution in [0.25, 0.3) is 0 Å². The Bertz CT molecular complexity index is 487. The Labute approximate surface area is 132 Å². The maximum atomic E-state index is 12.2. The van der Waals surface area contributed by atoms with Gasteiger partial charge in [-0.3, -0.25) is 9.79 Å². The van der Waals surface area contributed by atoms with Gasteiger partial charge in [-0.25, -0.2) is 0 Å². The van der Waals surface area contributed by atoms with E-state index in [0.29, 0.717) is 36.8 Å². The SMILES string of the molecule is CCCCC=NCCNC(=O)c1cccc(OC)c1OCC. The van der Waals surface area contributed by atoms with Crippen molar-refractivity contribution in [3.63, 3.8) is 0 Å². The summed E-state index contributed by atoms with van der Waals surface area (Å²) in [5, 5.41) is 2.85. The van der Waals surface area contributed by atoms with Crippen molar-refractivity contribution in [3.8, 4) is 11.5 Å². The smallest absolute Gasteiger partial charge is 0.255 e. The van der Waals surface area contributed by atoms with Crippen LogP contribution in [-0.4, -0.2) is 38.9 Å². The summed E-state index contributed by atoms with van der Waals surface area (Å²) < 4.78 is 10.8. The van der Waals surface area contributed by atoms with Crippen LogP contribution >= 0.6 is 0 Å². The van der Waals surface area contributed by atoms with Crippen LogP contribution in [-0.2, 0) is 0 Å². The zero-order valence-corrected chi connectivity index (χ0v) is 13.7. The zero-order chi connectivity index (χ0) is 16.2. The van der Waals surface area contributed by atoms with Crippen LogP contribution in [0.5, 0.6) is 11.5 Å². The minimum absolute atomic E-state index is 0.175. The normalized spacial score (nSPS) is 10.7. The van der Waals surface area contributed by atoms with Crippen molar-refractivity contribution in [2.75, 3.05) is 26.8 Å². The molecule has 0 radical (unpaired) electrons. The summed E-state index contributed by atoms with van der Waals surface area (Å²) in [5.74, 6) is 0.870. The lowest BCUT2D eigenvalue weighted by molar-refractivity contribution is 0.0950. The average molecular weight is 306 g/mol. The molecule has 1 aromatic carbocycles. The van der Waals surface area contributed by atoms with Crippen LogP contribution in [0.1, 0.15) is 43.5 Å². The number of nitrogens with zero attached hydrogens (tertiary/aromatic N) is 1. The largest absolute Gasteiger partial charge is 0.493 e. The molecule has 0 fully saturated rings. The number of carbonyl (C=O) groups excluding carboxylic acids is 1. The molecule has 22 heavy (non-hydrogen) atoms. The first-order chi connectivity index (χ1) is 10.7. The second kappa shape index (κ2) is 10.7. The quantitative estimate of drug-likeness (QED) is 0.534. The van der Waals surface area contributed by atoms with Crippen LogP contribution in [0.3, 0.4) is 0 Å². The Morgan fingerprint density at radius 3 is 2.86 bits per heavy atom. The molecule has 1 amide bonds. The number of unbranched alkanes of at least 4 members (excludes halogenated alkanes) is 2. The van der Waals surface area contributed by atoms with Crippen molar-refractivity contribution in [2.45, 2.75) is 33.1 Å². The molecule has 0 aliphatic rings. The number of benzene rings is 1. The third kappa shape index (κ3) is 5.76. The number of para-hydroxylation sites is 1. The third-order valence-corrected chi connectivity index (χ3v) is 3.07. The molecule has 0 bridgehead atoms. The first-order valence-electron chi connectivity index (χ1n) is 7.80. The van der Waals surface area contributed by atoms with Gasteiger partial charge in [0, 0.05) is 6.54 Å². The molecule has 0 saturated carbocycles. The van der Waals surface area contributed by atoms with Gasteiger partial charge >= 0.3 is 0 Å². The van der Waals surface area contributed by atoms with E-state index in [2.05, 4.69) is 17.2 Å². The van der Waals surface area contributed by atoms with Gasteiger partial charge in [0.25, 0.3) is 5.91 Å². The van der Waals surface area contributed by atoms with Crippen molar-refractivity contribution in [1.29, 1.82) is 0 Å². The number of ether oxygens (including phenoxy) is 2. The number of aliphatic imine (C=N–C) groups is 1. The van der Waals surface area contributed by atoms with Gasteiger partial charge in [0.05, 0.1) is 25.8 Å². The highest BCUT2D eigenvalue weighted by molar-refractivity contribution is 5.97. The van der Waals surface area contributed by atoms with E-state index in [1.54, 1.807) is 25.3 Å². The number of rotatable bonds is 10. The monoisotopic (exact) mass is 306 g/mol. The zero-order valence-electron chi connectivity index (χ0n) is 13.7. The lowest BCUT2D eigenvalue weighted by atomic mass is 10.1. The number of methoxy groups -OCH3 is 1. The predicted molar refractivity (Wildman–Crippen MR) is 89.4 cm³/mol. The standard InChI is InChI=1S/C17H26N2O3/c1-4-6-7-11-18-12-13-19-17(20)14-9-8-10-15(21-3)16(14)22-5-2/h8-11H,4-7,12-13H2,1-3H3,(H,19,20). The Morgan fingerprint density at radius 1 is 1.36 bits per heavy atom. The van der Waals surface area contributed by atoms with Gasteiger partial charge in [0.2, 0.25) is 0 Å². The Balaban J connectivity index is 2.56. The summed E-state index contributed by atoms with van der Waals surface area (Å²) >= 11 is 0. The van der Waals surface area contributed by atoms with E-state index in [1.807, 2.05) is 13.1 Å². The van der Waals surface area contributed by atoms with Crippen LogP contribution in [0.2, 0.25) is 0 Å². The molecule has 1 aromatic rings. The molecule has 1 N–H and O–H groups in total. The minimum Gasteiger partial charge on any atom is -0.493 e. The fourth-order valence-corrected chi connectivity index (χ4v) is 1.96. The number of hydrogen-bond acceptors (Lipinski definition) is 4. The topological polar surface area (TPSA) is 59.9 Å². The fourth-order valence-electron chi connectivity index (χ4n) is 1.96. The van der Waals surface area contributed by atoms with Crippen molar-refractivity contribution in [2.24, 2.45) is 4.99 Å². The van der Waals surface area contributed by atoms with Gasteiger partial charge in [-0.05, 0) is 38.1 Å². The number of nitrogens with one attached hydrogen (secondary N) is 1. The Morgan fingerprint density at radius 2 is 2.18 bits per heavy atom. The molecule has 5 nitrogen and oxygen atoms in total. The van der Waals surface area contributed by atoms with Gasteiger partial charge in [-0.15, -0.1) is 0 Å². The van der Waals surface area contributed by atoms with Crippen LogP contribution < -0.4 is 14.8 Å². The summed E-state index contributed by atoms with van der Waals surface area (Å²) in [6.07, 6.45) is 5.23. The maximum Gasteiger partial charge on any atom is 0.255 e. The van der Waals surface area contributed by atoms with Gasteiger partial charge in [0.1, 0.15) is 0 Å². The number of carbonyl (C=O) groups is 1. The molecule has 0 atom stereocenters. The van der Waals surface area contributed by atoms with Gasteiger partial charge in [-0.1, -0.05) is 19.4 Å². The first kappa shape index (κ1) is 18.0. The minimum atomic E-state index is -0.175. The van der Waals surface area contributed by atoms with E-state index in [9.17, 15) is 4.79 Å². The number of amides is 1. The molecular weight excluding hydrogens is 280 g/mol. The van der Waals surface area contributed by atoms with Gasteiger partial charge in [0.15, 0.2) is 11.5 Å². The van der Waals surface area contributed by atoms with E-state index in [0.717, 1.165) is 12.8 Å². The third-order valence-electron chi connectivity index (χ3n) is 3.07. The molecule has 0 aromatic heterocycles. The van der Waals surface area contributed by atoms with Crippen LogP contribution in [0, 0.1) is 0 Å². The van der Waals surface area contributed by atoms with E-state index in [1.165, 1.54) is 6.42 Å². The molecule has 0 aliphatic carbocycles. The molecular formula is C17H26N2O3. The average Bonchev–Trinajstić information content (AvgIpc) is 2.54. The summed E-state index contributed by atoms with van der Waals surface area (Å²) in [7, 11) is 1.56. The predicted octanol–water partition coefficient (Wildman–Crippen LogP) is 3.08. The Hall–Kier alpha value is -2.04. The second-order valence-electron chi connectivity index (χ2n) is 4.76. The van der Waals surface area contributed by atoms with Crippen molar-refractivity contribution >= 4 is 12.1 Å². The van der Waals surface area contributed by atoms with E-state index in [-0.39, 0.29) is 5.91 Å². The second-order valence-corrected chi connectivity index (χ2v) is 4.76. The van der Waals surface area contributed by atoms with E-state index < -0.39 is 0 Å². The van der Waals surface area contributed by atoms with Gasteiger partial charge < -0.3 is 14.8 Å². The number of hydrogen-bond donors (Lipinski definition) is 1. The van der Waals surface area contributed by atoms with Crippen LogP contribution in [0.4, 0.5) is 0 Å².